The highest BCUT2D eigenvalue weighted by molar-refractivity contribution is 5.95. The van der Waals surface area contributed by atoms with E-state index in [0.717, 1.165) is 23.3 Å². The van der Waals surface area contributed by atoms with E-state index >= 15 is 0 Å². The van der Waals surface area contributed by atoms with Crippen molar-refractivity contribution in [3.05, 3.63) is 59.9 Å². The van der Waals surface area contributed by atoms with Gasteiger partial charge in [0.2, 0.25) is 5.91 Å². The third kappa shape index (κ3) is 3.74. The van der Waals surface area contributed by atoms with E-state index in [1.54, 1.807) is 31.2 Å². The minimum absolute atomic E-state index is 0.160. The number of aryl methyl sites for hydroxylation is 1. The number of carbonyl (C=O) groups excluding carboxylic acids is 2. The third-order valence-corrected chi connectivity index (χ3v) is 4.01. The monoisotopic (exact) mass is 351 g/mol. The summed E-state index contributed by atoms with van der Waals surface area (Å²) in [5.74, 6) is 0.281. The molecule has 6 nitrogen and oxygen atoms in total. The molecule has 1 heterocycles. The second kappa shape index (κ2) is 7.82. The van der Waals surface area contributed by atoms with Crippen molar-refractivity contribution in [2.24, 2.45) is 0 Å². The van der Waals surface area contributed by atoms with Crippen LogP contribution in [0.5, 0.6) is 0 Å². The van der Waals surface area contributed by atoms with Crippen LogP contribution in [0, 0.1) is 0 Å². The van der Waals surface area contributed by atoms with E-state index in [4.69, 9.17) is 4.74 Å². The Balaban J connectivity index is 1.78. The first-order chi connectivity index (χ1) is 12.6. The molecule has 3 rings (SSSR count). The first-order valence-corrected chi connectivity index (χ1v) is 8.63. The van der Waals surface area contributed by atoms with Crippen LogP contribution in [-0.4, -0.2) is 28.0 Å². The van der Waals surface area contributed by atoms with E-state index in [9.17, 15) is 9.59 Å². The number of imidazole rings is 1. The van der Waals surface area contributed by atoms with Gasteiger partial charge in [-0.1, -0.05) is 25.1 Å². The van der Waals surface area contributed by atoms with Crippen molar-refractivity contribution in [3.8, 4) is 0 Å². The summed E-state index contributed by atoms with van der Waals surface area (Å²) >= 11 is 0. The van der Waals surface area contributed by atoms with Crippen molar-refractivity contribution >= 4 is 28.6 Å². The Hall–Kier alpha value is -3.15. The normalized spacial score (nSPS) is 10.7. The number of nitrogens with one attached hydrogen (secondary N) is 1. The Kier molecular flexibility index (Phi) is 5.31. The topological polar surface area (TPSA) is 73.2 Å². The van der Waals surface area contributed by atoms with E-state index in [-0.39, 0.29) is 12.5 Å². The Morgan fingerprint density at radius 2 is 1.92 bits per heavy atom. The SMILES string of the molecule is CCOC(=O)c1cccc(NC(=O)Cn2c(CC)nc3ccccc32)c1. The quantitative estimate of drug-likeness (QED) is 0.691. The minimum atomic E-state index is -0.405. The number of nitrogens with zero attached hydrogens (tertiary/aromatic N) is 2. The number of ether oxygens (including phenoxy) is 1. The lowest BCUT2D eigenvalue weighted by atomic mass is 10.2. The van der Waals surface area contributed by atoms with E-state index in [1.165, 1.54) is 0 Å². The lowest BCUT2D eigenvalue weighted by Gasteiger charge is -2.10. The van der Waals surface area contributed by atoms with Crippen LogP contribution in [-0.2, 0) is 22.5 Å². The standard InChI is InChI=1S/C20H21N3O3/c1-3-18-22-16-10-5-6-11-17(16)23(18)13-19(24)21-15-9-7-8-14(12-15)20(25)26-4-2/h5-12H,3-4,13H2,1-2H3,(H,21,24). The van der Waals surface area contributed by atoms with Crippen molar-refractivity contribution in [2.45, 2.75) is 26.8 Å². The van der Waals surface area contributed by atoms with E-state index < -0.39 is 5.97 Å². The number of amides is 1. The maximum atomic E-state index is 12.5. The lowest BCUT2D eigenvalue weighted by Crippen LogP contribution is -2.20. The largest absolute Gasteiger partial charge is 0.462 e. The molecule has 134 valence electrons. The second-order valence-corrected chi connectivity index (χ2v) is 5.81. The molecule has 0 saturated carbocycles. The molecule has 0 aliphatic heterocycles. The van der Waals surface area contributed by atoms with Gasteiger partial charge in [-0.2, -0.15) is 0 Å². The summed E-state index contributed by atoms with van der Waals surface area (Å²) in [5, 5.41) is 2.84. The number of rotatable bonds is 6. The summed E-state index contributed by atoms with van der Waals surface area (Å²) < 4.78 is 6.90. The van der Waals surface area contributed by atoms with Crippen LogP contribution >= 0.6 is 0 Å². The number of fused-ring (bicyclic) bond motifs is 1. The summed E-state index contributed by atoms with van der Waals surface area (Å²) in [7, 11) is 0. The first-order valence-electron chi connectivity index (χ1n) is 8.63. The van der Waals surface area contributed by atoms with Crippen LogP contribution in [0.1, 0.15) is 30.0 Å². The number of carbonyl (C=O) groups is 2. The molecule has 3 aromatic rings. The number of para-hydroxylation sites is 2. The van der Waals surface area contributed by atoms with Gasteiger partial charge in [-0.25, -0.2) is 9.78 Å². The van der Waals surface area contributed by atoms with Gasteiger partial charge >= 0.3 is 5.97 Å². The van der Waals surface area contributed by atoms with Crippen LogP contribution in [0.4, 0.5) is 5.69 Å². The van der Waals surface area contributed by atoms with Gasteiger partial charge in [0, 0.05) is 12.1 Å². The van der Waals surface area contributed by atoms with E-state index in [2.05, 4.69) is 10.3 Å². The Bertz CT molecular complexity index is 946. The summed E-state index contributed by atoms with van der Waals surface area (Å²) in [6.07, 6.45) is 0.736. The van der Waals surface area contributed by atoms with Crippen molar-refractivity contribution < 1.29 is 14.3 Å². The highest BCUT2D eigenvalue weighted by Crippen LogP contribution is 2.17. The highest BCUT2D eigenvalue weighted by Gasteiger charge is 2.13. The van der Waals surface area contributed by atoms with Crippen LogP contribution in [0.3, 0.4) is 0 Å². The van der Waals surface area contributed by atoms with Gasteiger partial charge in [-0.05, 0) is 37.3 Å². The van der Waals surface area contributed by atoms with Crippen molar-refractivity contribution in [1.29, 1.82) is 0 Å². The zero-order chi connectivity index (χ0) is 18.5. The van der Waals surface area contributed by atoms with Gasteiger partial charge in [-0.3, -0.25) is 4.79 Å². The first kappa shape index (κ1) is 17.7. The van der Waals surface area contributed by atoms with Gasteiger partial charge in [0.05, 0.1) is 23.2 Å². The Morgan fingerprint density at radius 3 is 2.69 bits per heavy atom. The van der Waals surface area contributed by atoms with Crippen LogP contribution in [0.2, 0.25) is 0 Å². The highest BCUT2D eigenvalue weighted by atomic mass is 16.5. The molecule has 0 aliphatic carbocycles. The average molecular weight is 351 g/mol. The maximum absolute atomic E-state index is 12.5. The summed E-state index contributed by atoms with van der Waals surface area (Å²) in [6.45, 7) is 4.24. The van der Waals surface area contributed by atoms with Crippen molar-refractivity contribution in [2.75, 3.05) is 11.9 Å². The molecular formula is C20H21N3O3. The number of hydrogen-bond donors (Lipinski definition) is 1. The van der Waals surface area contributed by atoms with Gasteiger partial charge in [0.1, 0.15) is 12.4 Å². The molecular weight excluding hydrogens is 330 g/mol. The molecule has 1 amide bonds. The Labute approximate surface area is 151 Å². The number of benzene rings is 2. The van der Waals surface area contributed by atoms with Gasteiger partial charge in [0.15, 0.2) is 0 Å². The molecule has 0 spiro atoms. The van der Waals surface area contributed by atoms with E-state index in [1.807, 2.05) is 35.8 Å². The fourth-order valence-electron chi connectivity index (χ4n) is 2.85. The average Bonchev–Trinajstić information content (AvgIpc) is 3.00. The zero-order valence-electron chi connectivity index (χ0n) is 14.9. The van der Waals surface area contributed by atoms with Gasteiger partial charge in [-0.15, -0.1) is 0 Å². The molecule has 1 N–H and O–H groups in total. The fourth-order valence-corrected chi connectivity index (χ4v) is 2.85. The summed E-state index contributed by atoms with van der Waals surface area (Å²) in [5.41, 5.74) is 2.77. The molecule has 0 unspecified atom stereocenters. The zero-order valence-corrected chi connectivity index (χ0v) is 14.9. The molecule has 1 aromatic heterocycles. The summed E-state index contributed by atoms with van der Waals surface area (Å²) in [4.78, 5) is 28.9. The van der Waals surface area contributed by atoms with Gasteiger partial charge < -0.3 is 14.6 Å². The molecule has 0 saturated heterocycles. The number of anilines is 1. The smallest absolute Gasteiger partial charge is 0.338 e. The molecule has 0 aliphatic rings. The van der Waals surface area contributed by atoms with Crippen LogP contribution in [0.15, 0.2) is 48.5 Å². The van der Waals surface area contributed by atoms with E-state index in [0.29, 0.717) is 17.9 Å². The third-order valence-electron chi connectivity index (χ3n) is 4.01. The predicted octanol–water partition coefficient (Wildman–Crippen LogP) is 3.41. The van der Waals surface area contributed by atoms with Crippen LogP contribution in [0.25, 0.3) is 11.0 Å². The second-order valence-electron chi connectivity index (χ2n) is 5.81. The Morgan fingerprint density at radius 1 is 1.12 bits per heavy atom. The molecule has 2 aromatic carbocycles. The van der Waals surface area contributed by atoms with Crippen molar-refractivity contribution in [1.82, 2.24) is 9.55 Å². The summed E-state index contributed by atoms with van der Waals surface area (Å²) in [6, 6.07) is 14.5. The number of esters is 1. The molecule has 6 heteroatoms. The lowest BCUT2D eigenvalue weighted by molar-refractivity contribution is -0.116. The molecule has 0 atom stereocenters. The van der Waals surface area contributed by atoms with Gasteiger partial charge in [0.25, 0.3) is 0 Å². The number of hydrogen-bond acceptors (Lipinski definition) is 4. The predicted molar refractivity (Wildman–Crippen MR) is 100 cm³/mol. The molecule has 0 bridgehead atoms. The fraction of sp³-hybridized carbons (Fsp3) is 0.250. The maximum Gasteiger partial charge on any atom is 0.338 e. The molecule has 0 radical (unpaired) electrons. The van der Waals surface area contributed by atoms with Crippen molar-refractivity contribution in [3.63, 3.8) is 0 Å². The molecule has 0 fully saturated rings. The number of aromatic nitrogens is 2. The molecule has 26 heavy (non-hydrogen) atoms. The van der Waals surface area contributed by atoms with Crippen LogP contribution < -0.4 is 5.32 Å². The minimum Gasteiger partial charge on any atom is -0.462 e.